The second kappa shape index (κ2) is 7.73. The first kappa shape index (κ1) is 20.7. The van der Waals surface area contributed by atoms with Crippen LogP contribution in [0.4, 0.5) is 4.79 Å². The second-order valence-corrected chi connectivity index (χ2v) is 10.0. The predicted molar refractivity (Wildman–Crippen MR) is 122 cm³/mol. The van der Waals surface area contributed by atoms with Crippen molar-refractivity contribution in [1.29, 1.82) is 0 Å². The van der Waals surface area contributed by atoms with Crippen LogP contribution in [0.25, 0.3) is 22.5 Å². The highest BCUT2D eigenvalue weighted by atomic mass is 16.6. The summed E-state index contributed by atoms with van der Waals surface area (Å²) in [6.07, 6.45) is 3.12. The van der Waals surface area contributed by atoms with Crippen LogP contribution in [0.15, 0.2) is 48.5 Å². The number of ether oxygens (including phenoxy) is 1. The maximum absolute atomic E-state index is 12.4. The number of tetrazole rings is 1. The van der Waals surface area contributed by atoms with E-state index in [-0.39, 0.29) is 6.09 Å². The molecule has 2 aromatic carbocycles. The fourth-order valence-corrected chi connectivity index (χ4v) is 4.86. The molecule has 1 saturated heterocycles. The van der Waals surface area contributed by atoms with Crippen LogP contribution in [0, 0.1) is 5.41 Å². The van der Waals surface area contributed by atoms with Crippen LogP contribution < -0.4 is 0 Å². The highest BCUT2D eigenvalue weighted by Crippen LogP contribution is 2.65. The number of benzene rings is 2. The van der Waals surface area contributed by atoms with Crippen molar-refractivity contribution in [2.45, 2.75) is 51.6 Å². The van der Waals surface area contributed by atoms with E-state index in [9.17, 15) is 4.79 Å². The van der Waals surface area contributed by atoms with E-state index in [1.807, 2.05) is 37.8 Å². The van der Waals surface area contributed by atoms with Gasteiger partial charge in [0.1, 0.15) is 5.60 Å². The Bertz CT molecular complexity index is 1090. The average Bonchev–Trinajstić information content (AvgIpc) is 3.20. The summed E-state index contributed by atoms with van der Waals surface area (Å²) in [4.78, 5) is 14.2. The van der Waals surface area contributed by atoms with Gasteiger partial charge in [-0.05, 0) is 79.3 Å². The van der Waals surface area contributed by atoms with Gasteiger partial charge >= 0.3 is 6.09 Å². The van der Waals surface area contributed by atoms with E-state index >= 15 is 0 Å². The van der Waals surface area contributed by atoms with Gasteiger partial charge in [0, 0.05) is 18.7 Å². The Hall–Kier alpha value is -3.22. The molecule has 1 amide bonds. The van der Waals surface area contributed by atoms with Gasteiger partial charge in [0.25, 0.3) is 0 Å². The molecule has 1 N–H and O–H groups in total. The van der Waals surface area contributed by atoms with Gasteiger partial charge in [-0.15, -0.1) is 10.2 Å². The summed E-state index contributed by atoms with van der Waals surface area (Å²) in [6.45, 7) is 7.31. The van der Waals surface area contributed by atoms with Crippen LogP contribution in [0.5, 0.6) is 0 Å². The molecule has 1 unspecified atom stereocenters. The molecule has 2 aliphatic rings. The van der Waals surface area contributed by atoms with Gasteiger partial charge < -0.3 is 9.64 Å². The number of hydrogen-bond acceptors (Lipinski definition) is 5. The minimum Gasteiger partial charge on any atom is -0.444 e. The van der Waals surface area contributed by atoms with Gasteiger partial charge in [0.15, 0.2) is 0 Å². The van der Waals surface area contributed by atoms with Crippen molar-refractivity contribution in [2.24, 2.45) is 5.41 Å². The number of amides is 1. The molecular formula is C25H29N5O2. The van der Waals surface area contributed by atoms with Gasteiger partial charge in [0.2, 0.25) is 5.82 Å². The van der Waals surface area contributed by atoms with Gasteiger partial charge in [-0.1, -0.05) is 42.5 Å². The van der Waals surface area contributed by atoms with Crippen molar-refractivity contribution >= 4 is 6.09 Å². The third kappa shape index (κ3) is 4.11. The van der Waals surface area contributed by atoms with Crippen LogP contribution in [0.1, 0.15) is 51.5 Å². The number of nitrogens with zero attached hydrogens (tertiary/aromatic N) is 4. The maximum atomic E-state index is 12.4. The van der Waals surface area contributed by atoms with E-state index in [0.717, 1.165) is 37.1 Å². The first-order chi connectivity index (χ1) is 15.3. The molecule has 1 aliphatic heterocycles. The second-order valence-electron chi connectivity index (χ2n) is 10.0. The van der Waals surface area contributed by atoms with Crippen molar-refractivity contribution < 1.29 is 9.53 Å². The molecular weight excluding hydrogens is 402 g/mol. The Morgan fingerprint density at radius 1 is 1.06 bits per heavy atom. The van der Waals surface area contributed by atoms with Gasteiger partial charge in [-0.2, -0.15) is 5.21 Å². The number of hydrogen-bond donors (Lipinski definition) is 1. The van der Waals surface area contributed by atoms with Crippen LogP contribution in [0.2, 0.25) is 0 Å². The number of likely N-dealkylation sites (tertiary alicyclic amines) is 1. The van der Waals surface area contributed by atoms with E-state index in [1.54, 1.807) is 0 Å². The number of aromatic nitrogens is 4. The van der Waals surface area contributed by atoms with Gasteiger partial charge in [-0.25, -0.2) is 4.79 Å². The van der Waals surface area contributed by atoms with Gasteiger partial charge in [-0.3, -0.25) is 0 Å². The van der Waals surface area contributed by atoms with Gasteiger partial charge in [0.05, 0.1) is 0 Å². The molecule has 166 valence electrons. The van der Waals surface area contributed by atoms with E-state index in [4.69, 9.17) is 4.74 Å². The lowest BCUT2D eigenvalue weighted by atomic mass is 9.88. The Morgan fingerprint density at radius 2 is 1.78 bits per heavy atom. The minimum atomic E-state index is -0.443. The molecule has 3 aromatic rings. The molecule has 2 fully saturated rings. The zero-order chi connectivity index (χ0) is 22.3. The third-order valence-corrected chi connectivity index (χ3v) is 6.71. The number of carbonyl (C=O) groups is 1. The molecule has 1 aliphatic carbocycles. The molecule has 1 spiro atoms. The largest absolute Gasteiger partial charge is 0.444 e. The lowest BCUT2D eigenvalue weighted by Crippen LogP contribution is -2.42. The van der Waals surface area contributed by atoms with Crippen molar-refractivity contribution in [2.75, 3.05) is 13.1 Å². The number of nitrogens with one attached hydrogen (secondary N) is 1. The summed E-state index contributed by atoms with van der Waals surface area (Å²) in [5.74, 6) is 1.18. The van der Waals surface area contributed by atoms with E-state index in [2.05, 4.69) is 57.0 Å². The molecule has 5 rings (SSSR count). The normalized spacial score (nSPS) is 19.7. The van der Waals surface area contributed by atoms with Crippen LogP contribution in [-0.4, -0.2) is 50.3 Å². The number of H-pyrrole nitrogens is 1. The zero-order valence-electron chi connectivity index (χ0n) is 18.8. The van der Waals surface area contributed by atoms with Crippen molar-refractivity contribution in [3.8, 4) is 22.5 Å². The van der Waals surface area contributed by atoms with Crippen molar-refractivity contribution in [1.82, 2.24) is 25.5 Å². The standard InChI is InChI=1S/C25H29N5O2/c1-24(2,3)32-23(31)30-13-11-25(12-14-30)16-21(25)18-9-7-17(8-10-18)19-5-4-6-20(15-19)22-26-28-29-27-22/h4-10,15,21H,11-14,16H2,1-3H3,(H,26,27,28,29). The number of rotatable bonds is 3. The third-order valence-electron chi connectivity index (χ3n) is 6.71. The average molecular weight is 432 g/mol. The Morgan fingerprint density at radius 3 is 2.44 bits per heavy atom. The Balaban J connectivity index is 1.23. The Kier molecular flexibility index (Phi) is 4.99. The number of aromatic amines is 1. The van der Waals surface area contributed by atoms with Crippen LogP contribution >= 0.6 is 0 Å². The molecule has 2 heterocycles. The van der Waals surface area contributed by atoms with E-state index < -0.39 is 5.60 Å². The number of carbonyl (C=O) groups excluding carboxylic acids is 1. The fourth-order valence-electron chi connectivity index (χ4n) is 4.86. The summed E-state index contributed by atoms with van der Waals surface area (Å²) in [7, 11) is 0. The van der Waals surface area contributed by atoms with E-state index in [0.29, 0.717) is 17.2 Å². The maximum Gasteiger partial charge on any atom is 0.410 e. The molecule has 7 heteroatoms. The van der Waals surface area contributed by atoms with E-state index in [1.165, 1.54) is 17.5 Å². The Labute approximate surface area is 188 Å². The summed E-state index contributed by atoms with van der Waals surface area (Å²) in [6, 6.07) is 17.1. The SMILES string of the molecule is CC(C)(C)OC(=O)N1CCC2(CC1)CC2c1ccc(-c2cccc(-c3nn[nH]n3)c2)cc1. The smallest absolute Gasteiger partial charge is 0.410 e. The summed E-state index contributed by atoms with van der Waals surface area (Å²) in [5.41, 5.74) is 4.55. The zero-order valence-corrected chi connectivity index (χ0v) is 18.8. The van der Waals surface area contributed by atoms with Crippen molar-refractivity contribution in [3.05, 3.63) is 54.1 Å². The molecule has 0 radical (unpaired) electrons. The first-order valence-corrected chi connectivity index (χ1v) is 11.3. The minimum absolute atomic E-state index is 0.183. The topological polar surface area (TPSA) is 84.0 Å². The molecule has 0 bridgehead atoms. The first-order valence-electron chi connectivity index (χ1n) is 11.3. The molecule has 32 heavy (non-hydrogen) atoms. The molecule has 7 nitrogen and oxygen atoms in total. The highest BCUT2D eigenvalue weighted by molar-refractivity contribution is 5.70. The molecule has 1 saturated carbocycles. The number of piperidine rings is 1. The quantitative estimate of drug-likeness (QED) is 0.628. The lowest BCUT2D eigenvalue weighted by molar-refractivity contribution is 0.0170. The monoisotopic (exact) mass is 431 g/mol. The summed E-state index contributed by atoms with van der Waals surface area (Å²) >= 11 is 0. The van der Waals surface area contributed by atoms with Crippen LogP contribution in [-0.2, 0) is 4.74 Å². The highest BCUT2D eigenvalue weighted by Gasteiger charge is 2.55. The molecule has 1 atom stereocenters. The summed E-state index contributed by atoms with van der Waals surface area (Å²) < 4.78 is 5.54. The predicted octanol–water partition coefficient (Wildman–Crippen LogP) is 5.04. The van der Waals surface area contributed by atoms with Crippen molar-refractivity contribution in [3.63, 3.8) is 0 Å². The summed E-state index contributed by atoms with van der Waals surface area (Å²) in [5, 5.41) is 14.3. The molecule has 1 aromatic heterocycles. The fraction of sp³-hybridized carbons (Fsp3) is 0.440. The lowest BCUT2D eigenvalue weighted by Gasteiger charge is -2.34. The van der Waals surface area contributed by atoms with Crippen LogP contribution in [0.3, 0.4) is 0 Å².